The number of rotatable bonds is 4. The molecule has 0 bridgehead atoms. The van der Waals surface area contributed by atoms with Crippen LogP contribution in [-0.4, -0.2) is 20.1 Å². The lowest BCUT2D eigenvalue weighted by Crippen LogP contribution is -2.14. The number of carbonyl (C=O) groups is 1. The Balaban J connectivity index is 1.63. The largest absolute Gasteiger partial charge is 0.320 e. The van der Waals surface area contributed by atoms with Gasteiger partial charge in [0.2, 0.25) is 0 Å². The summed E-state index contributed by atoms with van der Waals surface area (Å²) in [4.78, 5) is 17.6. The maximum absolute atomic E-state index is 14.0. The minimum Gasteiger partial charge on any atom is -0.320 e. The van der Waals surface area contributed by atoms with Crippen LogP contribution in [0.2, 0.25) is 5.02 Å². The zero-order valence-electron chi connectivity index (χ0n) is 14.6. The number of fused-ring (bicyclic) bond motifs is 1. The van der Waals surface area contributed by atoms with Gasteiger partial charge < -0.3 is 5.32 Å². The Hall–Kier alpha value is -3.41. The topological polar surface area (TPSA) is 83.6 Å². The smallest absolute Gasteiger partial charge is 0.260 e. The van der Waals surface area contributed by atoms with Crippen LogP contribution >= 0.6 is 23.5 Å². The molecule has 9 heteroatoms. The molecule has 0 aliphatic rings. The van der Waals surface area contributed by atoms with Crippen LogP contribution in [0.4, 0.5) is 10.1 Å². The summed E-state index contributed by atoms with van der Waals surface area (Å²) in [6.45, 7) is 0. The number of halogens is 2. The maximum Gasteiger partial charge on any atom is 0.260 e. The second-order valence-corrected chi connectivity index (χ2v) is 7.33. The number of hydrogen-bond acceptors (Lipinski definition) is 5. The van der Waals surface area contributed by atoms with Crippen LogP contribution < -0.4 is 5.32 Å². The first-order valence-electron chi connectivity index (χ1n) is 8.33. The summed E-state index contributed by atoms with van der Waals surface area (Å²) in [5.41, 5.74) is 1.95. The molecule has 0 aliphatic carbocycles. The molecule has 4 rings (SSSR count). The van der Waals surface area contributed by atoms with Gasteiger partial charge in [-0.1, -0.05) is 23.7 Å². The third-order valence-electron chi connectivity index (χ3n) is 3.99. The lowest BCUT2D eigenvalue weighted by atomic mass is 10.2. The average Bonchev–Trinajstić information content (AvgIpc) is 3.10. The van der Waals surface area contributed by atoms with E-state index in [1.165, 1.54) is 36.3 Å². The molecule has 6 nitrogen and oxygen atoms in total. The molecule has 0 atom stereocenters. The molecule has 0 spiro atoms. The van der Waals surface area contributed by atoms with E-state index in [1.54, 1.807) is 34.5 Å². The molecule has 2 aromatic heterocycles. The predicted octanol–water partition coefficient (Wildman–Crippen LogP) is 4.90. The van der Waals surface area contributed by atoms with Gasteiger partial charge in [-0.15, -0.1) is 0 Å². The fourth-order valence-corrected chi connectivity index (χ4v) is 3.76. The van der Waals surface area contributed by atoms with Crippen LogP contribution in [0.15, 0.2) is 65.8 Å². The first kappa shape index (κ1) is 18.9. The molecule has 1 N–H and O–H groups in total. The molecule has 2 aromatic carbocycles. The number of nitriles is 1. The highest BCUT2D eigenvalue weighted by atomic mass is 35.5. The van der Waals surface area contributed by atoms with Crippen molar-refractivity contribution in [3.63, 3.8) is 0 Å². The number of hydrogen-bond donors (Lipinski definition) is 1. The molecule has 0 fully saturated rings. The third kappa shape index (κ3) is 3.92. The van der Waals surface area contributed by atoms with Crippen molar-refractivity contribution in [2.75, 3.05) is 5.32 Å². The van der Waals surface area contributed by atoms with Crippen molar-refractivity contribution < 1.29 is 9.18 Å². The Labute approximate surface area is 174 Å². The van der Waals surface area contributed by atoms with E-state index in [-0.39, 0.29) is 10.6 Å². The lowest BCUT2D eigenvalue weighted by molar-refractivity contribution is 0.102. The molecule has 0 aliphatic heterocycles. The third-order valence-corrected chi connectivity index (χ3v) is 5.23. The van der Waals surface area contributed by atoms with Gasteiger partial charge in [0, 0.05) is 16.8 Å². The van der Waals surface area contributed by atoms with Crippen molar-refractivity contribution in [3.05, 3.63) is 82.9 Å². The van der Waals surface area contributed by atoms with Gasteiger partial charge in [-0.05, 0) is 36.4 Å². The van der Waals surface area contributed by atoms with Crippen molar-refractivity contribution in [1.29, 1.82) is 5.26 Å². The van der Waals surface area contributed by atoms with Crippen molar-refractivity contribution in [3.8, 4) is 6.07 Å². The number of pyridine rings is 1. The highest BCUT2D eigenvalue weighted by molar-refractivity contribution is 7.98. The first-order chi connectivity index (χ1) is 14.0. The van der Waals surface area contributed by atoms with E-state index in [9.17, 15) is 9.18 Å². The number of benzene rings is 2. The minimum atomic E-state index is -0.706. The summed E-state index contributed by atoms with van der Waals surface area (Å²) in [5.74, 6) is -1.38. The lowest BCUT2D eigenvalue weighted by Gasteiger charge is -2.08. The normalized spacial score (nSPS) is 10.7. The summed E-state index contributed by atoms with van der Waals surface area (Å²) < 4.78 is 15.6. The highest BCUT2D eigenvalue weighted by Crippen LogP contribution is 2.27. The fraction of sp³-hybridized carbons (Fsp3) is 0. The molecule has 142 valence electrons. The van der Waals surface area contributed by atoms with Crippen LogP contribution in [0.25, 0.3) is 11.0 Å². The van der Waals surface area contributed by atoms with Crippen LogP contribution in [0.1, 0.15) is 15.9 Å². The summed E-state index contributed by atoms with van der Waals surface area (Å²) >= 11 is 7.25. The van der Waals surface area contributed by atoms with Crippen LogP contribution in [0, 0.1) is 17.1 Å². The molecular formula is C20H11ClFN5OS. The van der Waals surface area contributed by atoms with Gasteiger partial charge in [-0.25, -0.2) is 4.39 Å². The van der Waals surface area contributed by atoms with Crippen LogP contribution in [-0.2, 0) is 0 Å². The van der Waals surface area contributed by atoms with Crippen molar-refractivity contribution in [2.24, 2.45) is 0 Å². The quantitative estimate of drug-likeness (QED) is 0.504. The average molecular weight is 424 g/mol. The second kappa shape index (κ2) is 7.91. The van der Waals surface area contributed by atoms with E-state index in [0.29, 0.717) is 22.3 Å². The van der Waals surface area contributed by atoms with E-state index in [0.717, 1.165) is 4.90 Å². The molecule has 0 saturated carbocycles. The molecule has 0 saturated heterocycles. The monoisotopic (exact) mass is 423 g/mol. The molecule has 0 unspecified atom stereocenters. The van der Waals surface area contributed by atoms with Gasteiger partial charge in [-0.3, -0.25) is 9.78 Å². The van der Waals surface area contributed by atoms with Gasteiger partial charge in [0.1, 0.15) is 16.9 Å². The van der Waals surface area contributed by atoms with Crippen LogP contribution in [0.5, 0.6) is 0 Å². The standard InChI is InChI=1S/C20H11ClFN5OS/c21-15-5-2-6-16(22)19(15)20(28)26-13-8-18-17(24-10-13)11-25-27(18)29-14-4-1-3-12(7-14)9-23/h1-8,10-11H,(H,26,28). The molecule has 2 heterocycles. The van der Waals surface area contributed by atoms with E-state index in [2.05, 4.69) is 21.5 Å². The fourth-order valence-electron chi connectivity index (χ4n) is 2.66. The highest BCUT2D eigenvalue weighted by Gasteiger charge is 2.17. The van der Waals surface area contributed by atoms with Crippen molar-refractivity contribution >= 4 is 46.2 Å². The van der Waals surface area contributed by atoms with Gasteiger partial charge >= 0.3 is 0 Å². The number of amides is 1. The number of nitrogens with zero attached hydrogens (tertiary/aromatic N) is 4. The van der Waals surface area contributed by atoms with Gasteiger partial charge in [0.15, 0.2) is 0 Å². The number of aromatic nitrogens is 3. The second-order valence-electron chi connectivity index (χ2n) is 5.93. The summed E-state index contributed by atoms with van der Waals surface area (Å²) in [5, 5.41) is 16.0. The molecule has 0 radical (unpaired) electrons. The Bertz CT molecular complexity index is 1260. The minimum absolute atomic E-state index is 0.0227. The van der Waals surface area contributed by atoms with E-state index >= 15 is 0 Å². The van der Waals surface area contributed by atoms with Gasteiger partial charge in [0.05, 0.1) is 40.3 Å². The Morgan fingerprint density at radius 1 is 1.21 bits per heavy atom. The Morgan fingerprint density at radius 3 is 2.83 bits per heavy atom. The Morgan fingerprint density at radius 2 is 2.03 bits per heavy atom. The van der Waals surface area contributed by atoms with Crippen LogP contribution in [0.3, 0.4) is 0 Å². The van der Waals surface area contributed by atoms with Gasteiger partial charge in [-0.2, -0.15) is 14.4 Å². The van der Waals surface area contributed by atoms with E-state index < -0.39 is 11.7 Å². The maximum atomic E-state index is 14.0. The summed E-state index contributed by atoms with van der Waals surface area (Å²) in [6, 6.07) is 14.9. The summed E-state index contributed by atoms with van der Waals surface area (Å²) in [6.07, 6.45) is 3.05. The molecular weight excluding hydrogens is 413 g/mol. The number of nitrogens with one attached hydrogen (secondary N) is 1. The first-order valence-corrected chi connectivity index (χ1v) is 9.48. The number of anilines is 1. The van der Waals surface area contributed by atoms with Gasteiger partial charge in [0.25, 0.3) is 5.91 Å². The van der Waals surface area contributed by atoms with Crippen molar-refractivity contribution in [1.82, 2.24) is 14.2 Å². The SMILES string of the molecule is N#Cc1cccc(Sn2ncc3ncc(NC(=O)c4c(F)cccc4Cl)cc32)c1. The number of carbonyl (C=O) groups excluding carboxylic acids is 1. The molecule has 4 aromatic rings. The zero-order valence-corrected chi connectivity index (χ0v) is 16.2. The molecule has 29 heavy (non-hydrogen) atoms. The van der Waals surface area contributed by atoms with E-state index in [4.69, 9.17) is 16.9 Å². The molecule has 1 amide bonds. The van der Waals surface area contributed by atoms with E-state index in [1.807, 2.05) is 6.07 Å². The predicted molar refractivity (Wildman–Crippen MR) is 109 cm³/mol. The zero-order chi connectivity index (χ0) is 20.4. The summed E-state index contributed by atoms with van der Waals surface area (Å²) in [7, 11) is 0. The Kier molecular flexibility index (Phi) is 5.16. The van der Waals surface area contributed by atoms with Crippen molar-refractivity contribution in [2.45, 2.75) is 4.90 Å².